The maximum atomic E-state index is 9.98. The van der Waals surface area contributed by atoms with E-state index < -0.39 is 8.25 Å². The van der Waals surface area contributed by atoms with Gasteiger partial charge in [-0.25, -0.2) is 0 Å². The molecule has 0 fully saturated rings. The summed E-state index contributed by atoms with van der Waals surface area (Å²) in [6.07, 6.45) is 0. The van der Waals surface area contributed by atoms with Crippen molar-refractivity contribution in [3.63, 3.8) is 0 Å². The minimum absolute atomic E-state index is 0. The molecule has 0 aliphatic carbocycles. The molecule has 0 radical (unpaired) electrons. The van der Waals surface area contributed by atoms with Gasteiger partial charge in [0.05, 0.1) is 0 Å². The Morgan fingerprint density at radius 1 is 1.27 bits per heavy atom. The quantitative estimate of drug-likeness (QED) is 0.547. The van der Waals surface area contributed by atoms with Crippen molar-refractivity contribution in [3.05, 3.63) is 30.3 Å². The van der Waals surface area contributed by atoms with Crippen LogP contribution in [0.3, 0.4) is 0 Å². The van der Waals surface area contributed by atoms with Gasteiger partial charge in [0.25, 0.3) is 0 Å². The summed E-state index contributed by atoms with van der Waals surface area (Å²) in [4.78, 5) is 9.98. The van der Waals surface area contributed by atoms with E-state index in [0.29, 0.717) is 5.75 Å². The number of benzene rings is 1. The summed E-state index contributed by atoms with van der Waals surface area (Å²) in [6.45, 7) is 0. The molecule has 11 heavy (non-hydrogen) atoms. The standard InChI is InChI=1S/C6H5O3P.Ni/c7-10(8)9-6-4-2-1-3-5-6;/h1-5H;/q;+2. The van der Waals surface area contributed by atoms with Crippen molar-refractivity contribution in [3.8, 4) is 5.75 Å². The second kappa shape index (κ2) is 5.25. The Hall–Kier alpha value is -0.426. The molecule has 0 N–H and O–H groups in total. The van der Waals surface area contributed by atoms with Gasteiger partial charge >= 0.3 is 24.7 Å². The largest absolute Gasteiger partial charge is 2.00 e. The third-order valence-electron chi connectivity index (χ3n) is 0.923. The molecule has 0 bridgehead atoms. The first-order chi connectivity index (χ1) is 4.79. The Balaban J connectivity index is 0.000001000. The van der Waals surface area contributed by atoms with E-state index in [1.54, 1.807) is 30.3 Å². The molecule has 1 unspecified atom stereocenters. The van der Waals surface area contributed by atoms with Crippen LogP contribution in [0.2, 0.25) is 0 Å². The second-order valence-corrected chi connectivity index (χ2v) is 2.26. The Labute approximate surface area is 75.3 Å². The Bertz CT molecular complexity index is 227. The minimum Gasteiger partial charge on any atom is -0.558 e. The van der Waals surface area contributed by atoms with Crippen LogP contribution in [0.4, 0.5) is 0 Å². The van der Waals surface area contributed by atoms with Crippen LogP contribution >= 0.6 is 8.25 Å². The Kier molecular flexibility index (Phi) is 5.05. The monoisotopic (exact) mass is 214 g/mol. The molecular weight excluding hydrogens is 210 g/mol. The summed E-state index contributed by atoms with van der Waals surface area (Å²) in [6, 6.07) is 8.34. The third kappa shape index (κ3) is 4.10. The van der Waals surface area contributed by atoms with Crippen molar-refractivity contribution in [2.45, 2.75) is 0 Å². The Morgan fingerprint density at radius 3 is 2.27 bits per heavy atom. The number of para-hydroxylation sites is 1. The zero-order chi connectivity index (χ0) is 7.40. The molecular formula is C6H5NiO3P+2. The molecule has 3 nitrogen and oxygen atoms in total. The predicted octanol–water partition coefficient (Wildman–Crippen LogP) is 1.08. The summed E-state index contributed by atoms with van der Waals surface area (Å²) in [5, 5.41) is 0. The fraction of sp³-hybridized carbons (Fsp3) is 0. The van der Waals surface area contributed by atoms with E-state index >= 15 is 0 Å². The van der Waals surface area contributed by atoms with Crippen molar-refractivity contribution in [1.82, 2.24) is 0 Å². The van der Waals surface area contributed by atoms with Crippen LogP contribution in [0, 0.1) is 0 Å². The van der Waals surface area contributed by atoms with Crippen LogP contribution < -0.4 is 9.42 Å². The van der Waals surface area contributed by atoms with Crippen LogP contribution in [0.1, 0.15) is 0 Å². The van der Waals surface area contributed by atoms with Crippen LogP contribution in [0.15, 0.2) is 30.3 Å². The van der Waals surface area contributed by atoms with Crippen LogP contribution in [-0.4, -0.2) is 0 Å². The van der Waals surface area contributed by atoms with Gasteiger partial charge in [0.2, 0.25) is 0 Å². The zero-order valence-corrected chi connectivity index (χ0v) is 7.26. The van der Waals surface area contributed by atoms with E-state index in [1.807, 2.05) is 0 Å². The van der Waals surface area contributed by atoms with Crippen LogP contribution in [0.25, 0.3) is 0 Å². The van der Waals surface area contributed by atoms with E-state index in [2.05, 4.69) is 4.52 Å². The number of hydrogen-bond acceptors (Lipinski definition) is 3. The van der Waals surface area contributed by atoms with Crippen molar-refractivity contribution >= 4 is 8.25 Å². The number of hydrogen-bond donors (Lipinski definition) is 0. The topological polar surface area (TPSA) is 49.4 Å². The maximum Gasteiger partial charge on any atom is 2.00 e. The van der Waals surface area contributed by atoms with Crippen molar-refractivity contribution in [2.24, 2.45) is 0 Å². The van der Waals surface area contributed by atoms with E-state index in [1.165, 1.54) is 0 Å². The van der Waals surface area contributed by atoms with E-state index in [0.717, 1.165) is 0 Å². The molecule has 1 aromatic rings. The number of rotatable bonds is 2. The predicted molar refractivity (Wildman–Crippen MR) is 34.7 cm³/mol. The normalized spacial score (nSPS) is 9.73. The van der Waals surface area contributed by atoms with Gasteiger partial charge in [0.1, 0.15) is 0 Å². The molecule has 0 aliphatic heterocycles. The summed E-state index contributed by atoms with van der Waals surface area (Å²) in [7, 11) is -2.78. The molecule has 0 amide bonds. The second-order valence-electron chi connectivity index (χ2n) is 1.63. The van der Waals surface area contributed by atoms with E-state index in [4.69, 9.17) is 0 Å². The third-order valence-corrected chi connectivity index (χ3v) is 1.28. The molecule has 1 atom stereocenters. The van der Waals surface area contributed by atoms with Gasteiger partial charge in [0.15, 0.2) is 5.75 Å². The summed E-state index contributed by atoms with van der Waals surface area (Å²) >= 11 is 0. The molecule has 0 spiro atoms. The van der Waals surface area contributed by atoms with E-state index in [9.17, 15) is 9.46 Å². The Morgan fingerprint density at radius 2 is 1.82 bits per heavy atom. The molecule has 60 valence electrons. The molecule has 0 saturated heterocycles. The molecule has 0 aromatic heterocycles. The van der Waals surface area contributed by atoms with Crippen molar-refractivity contribution in [1.29, 1.82) is 0 Å². The first-order valence-electron chi connectivity index (χ1n) is 2.66. The molecule has 0 aliphatic rings. The summed E-state index contributed by atoms with van der Waals surface area (Å²) in [5.74, 6) is 0.346. The fourth-order valence-electron chi connectivity index (χ4n) is 0.567. The van der Waals surface area contributed by atoms with Gasteiger partial charge < -0.3 is 4.89 Å². The van der Waals surface area contributed by atoms with Gasteiger partial charge in [0, 0.05) is 0 Å². The molecule has 1 aromatic carbocycles. The molecule has 0 saturated carbocycles. The average molecular weight is 215 g/mol. The smallest absolute Gasteiger partial charge is 0.558 e. The van der Waals surface area contributed by atoms with Crippen LogP contribution in [0.5, 0.6) is 5.75 Å². The molecule has 0 heterocycles. The fourth-order valence-corrected chi connectivity index (χ4v) is 0.861. The van der Waals surface area contributed by atoms with Gasteiger partial charge in [-0.1, -0.05) is 18.2 Å². The summed E-state index contributed by atoms with van der Waals surface area (Å²) < 4.78 is 14.4. The average Bonchev–Trinajstić information content (AvgIpc) is 1.88. The van der Waals surface area contributed by atoms with Crippen LogP contribution in [-0.2, 0) is 21.1 Å². The molecule has 5 heteroatoms. The van der Waals surface area contributed by atoms with Crippen molar-refractivity contribution in [2.75, 3.05) is 0 Å². The molecule has 1 rings (SSSR count). The van der Waals surface area contributed by atoms with Crippen molar-refractivity contribution < 1.29 is 30.5 Å². The zero-order valence-electron chi connectivity index (χ0n) is 5.37. The van der Waals surface area contributed by atoms with E-state index in [-0.39, 0.29) is 16.5 Å². The van der Waals surface area contributed by atoms with Gasteiger partial charge in [-0.15, -0.1) is 0 Å². The van der Waals surface area contributed by atoms with Gasteiger partial charge in [-0.3, -0.25) is 4.52 Å². The SMILES string of the molecule is O=[P+]([O-])Oc1ccccc1.[Ni+2]. The van der Waals surface area contributed by atoms with Gasteiger partial charge in [-0.2, -0.15) is 0 Å². The first-order valence-corrected chi connectivity index (χ1v) is 3.76. The van der Waals surface area contributed by atoms with Gasteiger partial charge in [-0.05, 0) is 16.7 Å². The minimum atomic E-state index is -2.78. The first kappa shape index (κ1) is 10.6. The summed E-state index contributed by atoms with van der Waals surface area (Å²) in [5.41, 5.74) is 0. The maximum absolute atomic E-state index is 9.98.